The molecule has 2 rings (SSSR count). The summed E-state index contributed by atoms with van der Waals surface area (Å²) in [5.41, 5.74) is 3.67. The van der Waals surface area contributed by atoms with E-state index in [-0.39, 0.29) is 12.0 Å². The smallest absolute Gasteiger partial charge is 0.271 e. The lowest BCUT2D eigenvalue weighted by Crippen LogP contribution is -2.17. The third-order valence-corrected chi connectivity index (χ3v) is 4.48. The van der Waals surface area contributed by atoms with Gasteiger partial charge in [0.2, 0.25) is 0 Å². The Hall–Kier alpha value is -2.49. The Morgan fingerprint density at radius 2 is 1.79 bits per heavy atom. The molecule has 0 radical (unpaired) electrons. The van der Waals surface area contributed by atoms with Crippen LogP contribution < -0.4 is 24.4 Å². The quantitative estimate of drug-likeness (QED) is 0.309. The van der Waals surface area contributed by atoms with Gasteiger partial charge in [-0.25, -0.2) is 5.43 Å². The van der Waals surface area contributed by atoms with Crippen LogP contribution in [0.5, 0.6) is 23.0 Å². The molecule has 0 atom stereocenters. The zero-order valence-corrected chi connectivity index (χ0v) is 19.3. The maximum Gasteiger partial charge on any atom is 0.271 e. The minimum Gasteiger partial charge on any atom is -0.497 e. The van der Waals surface area contributed by atoms with Crippen LogP contribution in [0.25, 0.3) is 0 Å². The summed E-state index contributed by atoms with van der Waals surface area (Å²) < 4.78 is 22.8. The van der Waals surface area contributed by atoms with E-state index >= 15 is 0 Å². The highest BCUT2D eigenvalue weighted by Crippen LogP contribution is 2.34. The fourth-order valence-corrected chi connectivity index (χ4v) is 3.20. The van der Waals surface area contributed by atoms with E-state index in [1.165, 1.54) is 14.2 Å². The highest BCUT2D eigenvalue weighted by atomic mass is 127. The maximum atomic E-state index is 12.4. The molecule has 1 amide bonds. The number of nitrogens with zero attached hydrogens (tertiary/aromatic N) is 1. The van der Waals surface area contributed by atoms with Gasteiger partial charge < -0.3 is 18.9 Å². The van der Waals surface area contributed by atoms with E-state index in [9.17, 15) is 4.79 Å². The largest absolute Gasteiger partial charge is 0.497 e. The molecule has 0 spiro atoms. The molecule has 1 N–H and O–H groups in total. The number of benzene rings is 2. The number of carbonyl (C=O) groups excluding carboxylic acids is 1. The average Bonchev–Trinajstić information content (AvgIpc) is 2.70. The number of hydrogen-bond donors (Lipinski definition) is 1. The lowest BCUT2D eigenvalue weighted by Gasteiger charge is -2.16. The minimum absolute atomic E-state index is 0.0291. The Balaban J connectivity index is 2.18. The zero-order valence-electron chi connectivity index (χ0n) is 17.1. The highest BCUT2D eigenvalue weighted by molar-refractivity contribution is 14.1. The minimum atomic E-state index is -0.377. The van der Waals surface area contributed by atoms with Gasteiger partial charge in [-0.3, -0.25) is 4.79 Å². The average molecular weight is 512 g/mol. The topological polar surface area (TPSA) is 78.4 Å². The summed E-state index contributed by atoms with van der Waals surface area (Å²) in [6.45, 7) is 6.35. The van der Waals surface area contributed by atoms with Crippen molar-refractivity contribution >= 4 is 34.7 Å². The summed E-state index contributed by atoms with van der Waals surface area (Å²) in [5.74, 6) is 2.01. The molecular weight excluding hydrogens is 487 g/mol. The van der Waals surface area contributed by atoms with E-state index < -0.39 is 0 Å². The number of carbonyl (C=O) groups is 1. The number of amides is 1. The van der Waals surface area contributed by atoms with Crippen molar-refractivity contribution in [2.75, 3.05) is 20.8 Å². The zero-order chi connectivity index (χ0) is 21.4. The van der Waals surface area contributed by atoms with Gasteiger partial charge in [0, 0.05) is 11.6 Å². The lowest BCUT2D eigenvalue weighted by molar-refractivity contribution is 0.0954. The van der Waals surface area contributed by atoms with E-state index in [2.05, 4.69) is 33.1 Å². The molecule has 0 aliphatic carbocycles. The molecule has 0 saturated carbocycles. The number of rotatable bonds is 9. The Bertz CT molecular complexity index is 861. The number of nitrogens with one attached hydrogen (secondary N) is 1. The second kappa shape index (κ2) is 10.9. The summed E-state index contributed by atoms with van der Waals surface area (Å²) in [4.78, 5) is 12.4. The number of ether oxygens (including phenoxy) is 4. The number of hydrazone groups is 1. The van der Waals surface area contributed by atoms with Gasteiger partial charge in [-0.2, -0.15) is 5.10 Å². The molecule has 29 heavy (non-hydrogen) atoms. The van der Waals surface area contributed by atoms with Crippen molar-refractivity contribution in [2.24, 2.45) is 5.10 Å². The van der Waals surface area contributed by atoms with Gasteiger partial charge in [-0.15, -0.1) is 0 Å². The van der Waals surface area contributed by atoms with E-state index in [0.29, 0.717) is 35.2 Å². The summed E-state index contributed by atoms with van der Waals surface area (Å²) >= 11 is 2.19. The lowest BCUT2D eigenvalue weighted by atomic mass is 10.2. The Kier molecular flexibility index (Phi) is 8.56. The van der Waals surface area contributed by atoms with Crippen LogP contribution in [0.2, 0.25) is 0 Å². The molecule has 0 bridgehead atoms. The van der Waals surface area contributed by atoms with Crippen LogP contribution >= 0.6 is 22.6 Å². The van der Waals surface area contributed by atoms with Crippen molar-refractivity contribution in [1.29, 1.82) is 0 Å². The molecule has 2 aromatic carbocycles. The van der Waals surface area contributed by atoms with Gasteiger partial charge in [0.1, 0.15) is 11.5 Å². The first-order valence-electron chi connectivity index (χ1n) is 9.07. The molecule has 8 heteroatoms. The second-order valence-electron chi connectivity index (χ2n) is 6.23. The van der Waals surface area contributed by atoms with Crippen LogP contribution in [0, 0.1) is 3.57 Å². The maximum absolute atomic E-state index is 12.4. The Labute approximate surface area is 184 Å². The van der Waals surface area contributed by atoms with Gasteiger partial charge in [-0.05, 0) is 73.2 Å². The molecule has 0 aliphatic heterocycles. The summed E-state index contributed by atoms with van der Waals surface area (Å²) in [7, 11) is 3.05. The number of halogens is 1. The predicted molar refractivity (Wildman–Crippen MR) is 121 cm³/mol. The van der Waals surface area contributed by atoms with Crippen molar-refractivity contribution in [3.05, 3.63) is 45.0 Å². The fraction of sp³-hybridized carbons (Fsp3) is 0.333. The Morgan fingerprint density at radius 3 is 2.34 bits per heavy atom. The van der Waals surface area contributed by atoms with Crippen molar-refractivity contribution in [3.8, 4) is 23.0 Å². The molecule has 2 aromatic rings. The molecular formula is C21H25IN2O5. The molecule has 0 aromatic heterocycles. The molecule has 156 valence electrons. The number of methoxy groups -OCH3 is 2. The van der Waals surface area contributed by atoms with Crippen molar-refractivity contribution in [2.45, 2.75) is 26.9 Å². The number of hydrogen-bond acceptors (Lipinski definition) is 6. The summed E-state index contributed by atoms with van der Waals surface area (Å²) in [6, 6.07) is 8.65. The molecule has 0 aliphatic rings. The van der Waals surface area contributed by atoms with Crippen molar-refractivity contribution in [3.63, 3.8) is 0 Å². The standard InChI is InChI=1S/C21H25IN2O5/c1-6-28-19-8-14(7-18(22)20(19)29-13(2)3)12-23-24-21(25)15-9-16(26-4)11-17(10-15)27-5/h7-13H,6H2,1-5H3,(H,24,25)/b23-12-. The first-order valence-corrected chi connectivity index (χ1v) is 10.1. The molecule has 0 heterocycles. The van der Waals surface area contributed by atoms with Crippen LogP contribution in [-0.2, 0) is 0 Å². The van der Waals surface area contributed by atoms with Crippen LogP contribution in [0.1, 0.15) is 36.7 Å². The van der Waals surface area contributed by atoms with E-state index in [1.54, 1.807) is 24.4 Å². The first-order chi connectivity index (χ1) is 13.9. The highest BCUT2D eigenvalue weighted by Gasteiger charge is 2.13. The third-order valence-electron chi connectivity index (χ3n) is 3.68. The monoisotopic (exact) mass is 512 g/mol. The van der Waals surface area contributed by atoms with Gasteiger partial charge in [0.25, 0.3) is 5.91 Å². The van der Waals surface area contributed by atoms with Crippen molar-refractivity contribution < 1.29 is 23.7 Å². The second-order valence-corrected chi connectivity index (χ2v) is 7.39. The van der Waals surface area contributed by atoms with Crippen LogP contribution in [0.4, 0.5) is 0 Å². The van der Waals surface area contributed by atoms with E-state index in [0.717, 1.165) is 9.13 Å². The van der Waals surface area contributed by atoms with Crippen LogP contribution in [0.3, 0.4) is 0 Å². The van der Waals surface area contributed by atoms with Crippen LogP contribution in [0.15, 0.2) is 35.4 Å². The van der Waals surface area contributed by atoms with Crippen molar-refractivity contribution in [1.82, 2.24) is 5.43 Å². The third kappa shape index (κ3) is 6.52. The molecule has 0 saturated heterocycles. The molecule has 7 nitrogen and oxygen atoms in total. The molecule has 0 fully saturated rings. The van der Waals surface area contributed by atoms with Crippen LogP contribution in [-0.4, -0.2) is 39.1 Å². The fourth-order valence-electron chi connectivity index (χ4n) is 2.44. The van der Waals surface area contributed by atoms with E-state index in [4.69, 9.17) is 18.9 Å². The van der Waals surface area contributed by atoms with Gasteiger partial charge in [0.05, 0.1) is 36.7 Å². The normalized spacial score (nSPS) is 10.9. The molecule has 0 unspecified atom stereocenters. The SMILES string of the molecule is CCOc1cc(/C=N\NC(=O)c2cc(OC)cc(OC)c2)cc(I)c1OC(C)C. The summed E-state index contributed by atoms with van der Waals surface area (Å²) in [5, 5.41) is 4.06. The predicted octanol–water partition coefficient (Wildman–Crippen LogP) is 4.26. The van der Waals surface area contributed by atoms with Gasteiger partial charge in [-0.1, -0.05) is 0 Å². The van der Waals surface area contributed by atoms with E-state index in [1.807, 2.05) is 32.9 Å². The summed E-state index contributed by atoms with van der Waals surface area (Å²) in [6.07, 6.45) is 1.58. The Morgan fingerprint density at radius 1 is 1.14 bits per heavy atom. The van der Waals surface area contributed by atoms with Gasteiger partial charge in [0.15, 0.2) is 11.5 Å². The first kappa shape index (κ1) is 22.8. The van der Waals surface area contributed by atoms with Gasteiger partial charge >= 0.3 is 0 Å².